The number of aromatic nitrogens is 5. The molecule has 6 unspecified atom stereocenters. The van der Waals surface area contributed by atoms with E-state index in [4.69, 9.17) is 46.5 Å². The third-order valence-electron chi connectivity index (χ3n) is 5.86. The number of carbonyl (C=O) groups is 1. The standard InChI is InChI=1S/C17H22N7O14P3S2/c1-5-6(2)43-17(20-5)22-12(25)15-35-9-7(3-33-40(29,30)38-41(31,32)37-39(26,27)28)34-14(10(9)36-15)24-4-19-8-11(24)21-16(18)23-13(8)42/h4,7,9-10,14-15H,3H2,1-2H3,(H,29,30)(H,31,32)(H,20,22,25)(H2,26,27,28)(H3,18,21,23,42)/t7?,9?,10?,14?,15-/m1/s1. The van der Waals surface area contributed by atoms with E-state index in [-0.39, 0.29) is 26.9 Å². The predicted molar refractivity (Wildman–Crippen MR) is 145 cm³/mol. The van der Waals surface area contributed by atoms with Gasteiger partial charge in [0.05, 0.1) is 18.6 Å². The number of amides is 1. The monoisotopic (exact) mass is 705 g/mol. The lowest BCUT2D eigenvalue weighted by Gasteiger charge is -2.22. The molecule has 2 saturated heterocycles. The third kappa shape index (κ3) is 7.28. The molecule has 0 spiro atoms. The van der Waals surface area contributed by atoms with Gasteiger partial charge >= 0.3 is 23.5 Å². The van der Waals surface area contributed by atoms with E-state index in [1.54, 1.807) is 6.92 Å². The van der Waals surface area contributed by atoms with Crippen LogP contribution in [-0.2, 0) is 45.8 Å². The van der Waals surface area contributed by atoms with Crippen molar-refractivity contribution in [1.29, 1.82) is 0 Å². The number of rotatable bonds is 10. The number of nitrogens with zero attached hydrogens (tertiary/aromatic N) is 4. The molecule has 0 radical (unpaired) electrons. The summed E-state index contributed by atoms with van der Waals surface area (Å²) in [5.74, 6) is -0.776. The fourth-order valence-corrected chi connectivity index (χ4v) is 8.20. The minimum absolute atomic E-state index is 0.0483. The van der Waals surface area contributed by atoms with Crippen molar-refractivity contribution >= 4 is 75.2 Å². The highest BCUT2D eigenvalue weighted by Crippen LogP contribution is 2.66. The van der Waals surface area contributed by atoms with Crippen molar-refractivity contribution in [2.75, 3.05) is 17.7 Å². The molecule has 236 valence electrons. The zero-order chi connectivity index (χ0) is 31.5. The molecule has 5 rings (SSSR count). The quantitative estimate of drug-likeness (QED) is 0.115. The van der Waals surface area contributed by atoms with E-state index in [0.29, 0.717) is 5.69 Å². The number of thiazole rings is 1. The van der Waals surface area contributed by atoms with Crippen LogP contribution < -0.4 is 11.1 Å². The van der Waals surface area contributed by atoms with Gasteiger partial charge in [-0.15, -0.1) is 11.3 Å². The number of aromatic amines is 1. The number of imidazole rings is 1. The number of nitrogens with one attached hydrogen (secondary N) is 2. The summed E-state index contributed by atoms with van der Waals surface area (Å²) in [6.45, 7) is 2.70. The number of nitrogens with two attached hydrogens (primary N) is 1. The van der Waals surface area contributed by atoms with Gasteiger partial charge in [0, 0.05) is 4.88 Å². The second-order valence-corrected chi connectivity index (χ2v) is 14.9. The van der Waals surface area contributed by atoms with Crippen molar-refractivity contribution in [3.8, 4) is 0 Å². The smallest absolute Gasteiger partial charge is 0.369 e. The number of carbonyl (C=O) groups excluding carboxylic acids is 1. The van der Waals surface area contributed by atoms with Crippen molar-refractivity contribution in [3.05, 3.63) is 21.5 Å². The van der Waals surface area contributed by atoms with Crippen LogP contribution in [0, 0.1) is 18.5 Å². The summed E-state index contributed by atoms with van der Waals surface area (Å²) in [7, 11) is -16.9. The second-order valence-electron chi connectivity index (χ2n) is 8.91. The number of fused-ring (bicyclic) bond motifs is 2. The molecular formula is C17H22N7O14P3S2. The molecule has 0 aromatic carbocycles. The highest BCUT2D eigenvalue weighted by atomic mass is 32.1. The van der Waals surface area contributed by atoms with Gasteiger partial charge in [-0.2, -0.15) is 13.6 Å². The van der Waals surface area contributed by atoms with Gasteiger partial charge in [-0.05, 0) is 13.8 Å². The van der Waals surface area contributed by atoms with Gasteiger partial charge in [-0.25, -0.2) is 23.7 Å². The zero-order valence-electron chi connectivity index (χ0n) is 21.6. The lowest BCUT2D eigenvalue weighted by Crippen LogP contribution is -2.34. The highest BCUT2D eigenvalue weighted by Gasteiger charge is 2.56. The van der Waals surface area contributed by atoms with Crippen molar-refractivity contribution in [2.45, 2.75) is 44.7 Å². The number of hydrogen-bond acceptors (Lipinski definition) is 16. The summed E-state index contributed by atoms with van der Waals surface area (Å²) in [6.07, 6.45) is -4.95. The summed E-state index contributed by atoms with van der Waals surface area (Å²) in [4.78, 5) is 65.9. The molecule has 2 aliphatic heterocycles. The van der Waals surface area contributed by atoms with Gasteiger partial charge in [-0.1, -0.05) is 12.2 Å². The van der Waals surface area contributed by atoms with Crippen molar-refractivity contribution < 1.29 is 65.4 Å². The molecule has 8 N–H and O–H groups in total. The molecular weight excluding hydrogens is 683 g/mol. The van der Waals surface area contributed by atoms with E-state index in [1.807, 2.05) is 6.92 Å². The van der Waals surface area contributed by atoms with Gasteiger partial charge < -0.3 is 44.5 Å². The number of ether oxygens (including phenoxy) is 3. The minimum atomic E-state index is -5.77. The van der Waals surface area contributed by atoms with E-state index >= 15 is 0 Å². The van der Waals surface area contributed by atoms with Crippen LogP contribution in [0.4, 0.5) is 11.1 Å². The molecule has 0 aliphatic carbocycles. The van der Waals surface area contributed by atoms with E-state index in [9.17, 15) is 28.3 Å². The largest absolute Gasteiger partial charge is 0.490 e. The Labute approximate surface area is 248 Å². The van der Waals surface area contributed by atoms with Crippen LogP contribution >= 0.6 is 47.0 Å². The van der Waals surface area contributed by atoms with Crippen LogP contribution in [0.2, 0.25) is 0 Å². The maximum absolute atomic E-state index is 13.0. The van der Waals surface area contributed by atoms with Crippen LogP contribution in [0.1, 0.15) is 16.8 Å². The Balaban J connectivity index is 1.38. The Morgan fingerprint density at radius 1 is 1.14 bits per heavy atom. The summed E-state index contributed by atoms with van der Waals surface area (Å²) >= 11 is 6.45. The molecule has 3 aromatic heterocycles. The molecule has 43 heavy (non-hydrogen) atoms. The van der Waals surface area contributed by atoms with Gasteiger partial charge in [0.15, 0.2) is 17.0 Å². The number of phosphoric ester groups is 1. The third-order valence-corrected chi connectivity index (χ3v) is 10.9. The number of nitrogen functional groups attached to an aromatic ring is 1. The molecule has 0 bridgehead atoms. The number of hydrogen-bond donors (Lipinski definition) is 7. The Morgan fingerprint density at radius 3 is 2.49 bits per heavy atom. The summed E-state index contributed by atoms with van der Waals surface area (Å²) in [6, 6.07) is 0. The Bertz CT molecular complexity index is 1760. The van der Waals surface area contributed by atoms with Crippen LogP contribution in [0.15, 0.2) is 6.33 Å². The second kappa shape index (κ2) is 11.7. The normalized spacial score (nSPS) is 26.7. The highest BCUT2D eigenvalue weighted by molar-refractivity contribution is 7.71. The Kier molecular flexibility index (Phi) is 8.81. The maximum Gasteiger partial charge on any atom is 0.490 e. The summed E-state index contributed by atoms with van der Waals surface area (Å²) in [5, 5.41) is 2.87. The first kappa shape index (κ1) is 32.4. The molecule has 3 aromatic rings. The predicted octanol–water partition coefficient (Wildman–Crippen LogP) is 1.13. The van der Waals surface area contributed by atoms with Crippen molar-refractivity contribution in [1.82, 2.24) is 24.5 Å². The van der Waals surface area contributed by atoms with Crippen LogP contribution in [-0.4, -0.2) is 81.2 Å². The molecule has 2 fully saturated rings. The molecule has 7 atom stereocenters. The first-order chi connectivity index (χ1) is 19.9. The zero-order valence-corrected chi connectivity index (χ0v) is 25.9. The molecule has 1 amide bonds. The van der Waals surface area contributed by atoms with Crippen molar-refractivity contribution in [3.63, 3.8) is 0 Å². The van der Waals surface area contributed by atoms with Crippen LogP contribution in [0.25, 0.3) is 11.2 Å². The maximum atomic E-state index is 13.0. The van der Waals surface area contributed by atoms with Crippen LogP contribution in [0.3, 0.4) is 0 Å². The van der Waals surface area contributed by atoms with Gasteiger partial charge in [0.25, 0.3) is 5.91 Å². The SMILES string of the molecule is Cc1nc(NC(=O)[C@@H]2OC3C(COP(=O)(O)OP(=O)(O)OP(=O)(O)O)OC(n4cnc5c(=S)[nH]c(N)nc54)C3O2)sc1C. The van der Waals surface area contributed by atoms with Gasteiger partial charge in [-0.3, -0.25) is 19.2 Å². The van der Waals surface area contributed by atoms with Crippen molar-refractivity contribution in [2.24, 2.45) is 0 Å². The number of aryl methyl sites for hydroxylation is 2. The number of anilines is 2. The number of phosphoric acid groups is 3. The fourth-order valence-electron chi connectivity index (χ4n) is 4.11. The first-order valence-corrected chi connectivity index (χ1v) is 17.4. The van der Waals surface area contributed by atoms with E-state index < -0.39 is 66.8 Å². The summed E-state index contributed by atoms with van der Waals surface area (Å²) < 4.78 is 66.2. The Morgan fingerprint density at radius 2 is 1.84 bits per heavy atom. The Hall–Kier alpha value is -2.04. The average molecular weight is 705 g/mol. The van der Waals surface area contributed by atoms with E-state index in [2.05, 4.69) is 33.9 Å². The van der Waals surface area contributed by atoms with Crippen LogP contribution in [0.5, 0.6) is 0 Å². The minimum Gasteiger partial charge on any atom is -0.369 e. The molecule has 26 heteroatoms. The lowest BCUT2D eigenvalue weighted by atomic mass is 10.1. The van der Waals surface area contributed by atoms with E-state index in [0.717, 1.165) is 4.88 Å². The summed E-state index contributed by atoms with van der Waals surface area (Å²) in [5.41, 5.74) is 6.90. The topological polar surface area (TPSA) is 302 Å². The molecule has 5 heterocycles. The molecule has 0 saturated carbocycles. The molecule has 21 nitrogen and oxygen atoms in total. The van der Waals surface area contributed by atoms with E-state index in [1.165, 1.54) is 22.2 Å². The number of H-pyrrole nitrogens is 1. The molecule has 2 aliphatic rings. The fraction of sp³-hybridized carbons (Fsp3) is 0.471. The van der Waals surface area contributed by atoms with Gasteiger partial charge in [0.2, 0.25) is 12.2 Å². The average Bonchev–Trinajstić information content (AvgIpc) is 3.59. The van der Waals surface area contributed by atoms with Gasteiger partial charge in [0.1, 0.15) is 28.5 Å². The lowest BCUT2D eigenvalue weighted by molar-refractivity contribution is -0.166. The first-order valence-electron chi connectivity index (χ1n) is 11.6.